The van der Waals surface area contributed by atoms with Crippen molar-refractivity contribution >= 4 is 0 Å². The molecule has 234 valence electrons. The molecular formula is C40H24F2N6O. The average molecular weight is 643 g/mol. The maximum atomic E-state index is 13.4. The van der Waals surface area contributed by atoms with E-state index in [1.807, 2.05) is 91.0 Å². The molecule has 0 atom stereocenters. The Kier molecular flexibility index (Phi) is 9.46. The smallest absolute Gasteiger partial charge is 0.264 e. The van der Waals surface area contributed by atoms with Crippen molar-refractivity contribution in [1.82, 2.24) is 20.4 Å². The van der Waals surface area contributed by atoms with Crippen LogP contribution in [0.5, 0.6) is 0 Å². The second-order valence-electron chi connectivity index (χ2n) is 10.8. The monoisotopic (exact) mass is 642 g/mol. The number of halogens is 2. The molecule has 0 bridgehead atoms. The predicted molar refractivity (Wildman–Crippen MR) is 183 cm³/mol. The molecule has 5 aromatic carbocycles. The zero-order valence-corrected chi connectivity index (χ0v) is 25.7. The van der Waals surface area contributed by atoms with E-state index in [1.165, 1.54) is 30.3 Å². The zero-order valence-electron chi connectivity index (χ0n) is 25.7. The summed E-state index contributed by atoms with van der Waals surface area (Å²) in [6, 6.07) is 40.8. The molecule has 0 spiro atoms. The van der Waals surface area contributed by atoms with E-state index >= 15 is 0 Å². The van der Waals surface area contributed by atoms with Crippen molar-refractivity contribution < 1.29 is 8.78 Å². The van der Waals surface area contributed by atoms with E-state index in [0.717, 1.165) is 39.1 Å². The molecule has 0 radical (unpaired) electrons. The highest BCUT2D eigenvalue weighted by atomic mass is 19.1. The molecule has 2 aromatic heterocycles. The SMILES string of the molecule is N#Cc1cc(F)ccc1-c1cccc(-c2cn[nH]c(=O)c2)c1.N#Cc1cc(F)ccc1-c1cccc(-c2cnnc(-c3ccccc3)c2)c1. The zero-order chi connectivity index (χ0) is 34.2. The summed E-state index contributed by atoms with van der Waals surface area (Å²) in [7, 11) is 0. The van der Waals surface area contributed by atoms with Crippen LogP contribution in [0.1, 0.15) is 11.1 Å². The number of nitrogens with zero attached hydrogens (tertiary/aromatic N) is 5. The van der Waals surface area contributed by atoms with Gasteiger partial charge in [-0.25, -0.2) is 13.9 Å². The van der Waals surface area contributed by atoms with Crippen LogP contribution in [0.3, 0.4) is 0 Å². The van der Waals surface area contributed by atoms with E-state index in [4.69, 9.17) is 5.26 Å². The number of H-pyrrole nitrogens is 1. The van der Waals surface area contributed by atoms with E-state index in [2.05, 4.69) is 26.5 Å². The van der Waals surface area contributed by atoms with Gasteiger partial charge < -0.3 is 0 Å². The van der Waals surface area contributed by atoms with Crippen LogP contribution in [0.25, 0.3) is 55.8 Å². The van der Waals surface area contributed by atoms with Gasteiger partial charge in [0.2, 0.25) is 0 Å². The Balaban J connectivity index is 0.000000174. The van der Waals surface area contributed by atoms with Gasteiger partial charge in [-0.1, -0.05) is 78.9 Å². The van der Waals surface area contributed by atoms with Crippen molar-refractivity contribution in [2.24, 2.45) is 0 Å². The van der Waals surface area contributed by atoms with Gasteiger partial charge in [0.1, 0.15) is 11.6 Å². The number of nitrogens with one attached hydrogen (secondary N) is 1. The Morgan fingerprint density at radius 3 is 1.61 bits per heavy atom. The van der Waals surface area contributed by atoms with Crippen molar-refractivity contribution in [2.75, 3.05) is 0 Å². The summed E-state index contributed by atoms with van der Waals surface area (Å²) < 4.78 is 26.7. The van der Waals surface area contributed by atoms with Gasteiger partial charge in [0.15, 0.2) is 0 Å². The van der Waals surface area contributed by atoms with Crippen molar-refractivity contribution in [2.45, 2.75) is 0 Å². The highest BCUT2D eigenvalue weighted by Crippen LogP contribution is 2.31. The lowest BCUT2D eigenvalue weighted by molar-refractivity contribution is 0.627. The third kappa shape index (κ3) is 7.49. The Labute approximate surface area is 280 Å². The van der Waals surface area contributed by atoms with E-state index in [1.54, 1.807) is 24.5 Å². The minimum atomic E-state index is -0.449. The molecule has 0 fully saturated rings. The van der Waals surface area contributed by atoms with Crippen LogP contribution in [-0.4, -0.2) is 20.4 Å². The van der Waals surface area contributed by atoms with Gasteiger partial charge in [0, 0.05) is 22.8 Å². The maximum absolute atomic E-state index is 13.4. The second-order valence-corrected chi connectivity index (χ2v) is 10.8. The minimum absolute atomic E-state index is 0.265. The van der Waals surface area contributed by atoms with Gasteiger partial charge >= 0.3 is 0 Å². The first-order valence-corrected chi connectivity index (χ1v) is 15.0. The molecule has 9 heteroatoms. The lowest BCUT2D eigenvalue weighted by Gasteiger charge is -2.08. The second kappa shape index (κ2) is 14.5. The predicted octanol–water partition coefficient (Wildman–Crippen LogP) is 8.60. The lowest BCUT2D eigenvalue weighted by Crippen LogP contribution is -2.05. The fourth-order valence-electron chi connectivity index (χ4n) is 5.26. The van der Waals surface area contributed by atoms with Gasteiger partial charge in [-0.3, -0.25) is 4.79 Å². The summed E-state index contributed by atoms with van der Waals surface area (Å²) in [5, 5.41) is 32.9. The largest absolute Gasteiger partial charge is 0.268 e. The third-order valence-electron chi connectivity index (χ3n) is 7.61. The normalized spacial score (nSPS) is 10.3. The summed E-state index contributed by atoms with van der Waals surface area (Å²) in [4.78, 5) is 11.4. The standard InChI is InChI=1S/C23H14FN3.C17H10FN3O/c24-21-9-10-22(19(12-21)14-25)18-8-4-7-17(11-18)20-13-23(27-26-15-20)16-5-2-1-3-6-16;18-15-4-5-16(13(7-15)9-19)12-3-1-2-11(6-12)14-8-17(22)21-20-10-14/h1-13,15H;1-8,10H,(H,21,22). The quantitative estimate of drug-likeness (QED) is 0.201. The van der Waals surface area contributed by atoms with Crippen molar-refractivity contribution in [3.8, 4) is 67.9 Å². The third-order valence-corrected chi connectivity index (χ3v) is 7.61. The molecule has 0 unspecified atom stereocenters. The fourth-order valence-corrected chi connectivity index (χ4v) is 5.26. The maximum Gasteiger partial charge on any atom is 0.264 e. The van der Waals surface area contributed by atoms with E-state index < -0.39 is 11.6 Å². The van der Waals surface area contributed by atoms with Gasteiger partial charge in [-0.15, -0.1) is 0 Å². The van der Waals surface area contributed by atoms with Crippen LogP contribution >= 0.6 is 0 Å². The molecule has 7 rings (SSSR count). The van der Waals surface area contributed by atoms with Crippen molar-refractivity contribution in [1.29, 1.82) is 10.5 Å². The Bertz CT molecular complexity index is 2430. The number of benzene rings is 5. The summed E-state index contributed by atoms with van der Waals surface area (Å²) in [5.74, 6) is -0.868. The van der Waals surface area contributed by atoms with E-state index in [0.29, 0.717) is 22.3 Å². The molecule has 2 heterocycles. The van der Waals surface area contributed by atoms with E-state index in [-0.39, 0.29) is 11.1 Å². The van der Waals surface area contributed by atoms with Crippen LogP contribution < -0.4 is 5.56 Å². The first kappa shape index (κ1) is 31.9. The summed E-state index contributed by atoms with van der Waals surface area (Å²) in [5.41, 5.74) is 8.38. The number of rotatable bonds is 5. The molecule has 0 saturated heterocycles. The van der Waals surface area contributed by atoms with Gasteiger partial charge in [0.25, 0.3) is 5.56 Å². The number of hydrogen-bond acceptors (Lipinski definition) is 6. The van der Waals surface area contributed by atoms with Crippen molar-refractivity contribution in [3.63, 3.8) is 0 Å². The Hall–Kier alpha value is -7.10. The Morgan fingerprint density at radius 1 is 0.531 bits per heavy atom. The highest BCUT2D eigenvalue weighted by molar-refractivity contribution is 5.78. The van der Waals surface area contributed by atoms with Gasteiger partial charge in [0.05, 0.1) is 41.4 Å². The van der Waals surface area contributed by atoms with Crippen LogP contribution in [0.15, 0.2) is 145 Å². The summed E-state index contributed by atoms with van der Waals surface area (Å²) >= 11 is 0. The van der Waals surface area contributed by atoms with Crippen LogP contribution in [-0.2, 0) is 0 Å². The molecular weight excluding hydrogens is 618 g/mol. The van der Waals surface area contributed by atoms with Crippen molar-refractivity contribution in [3.05, 3.63) is 173 Å². The topological polar surface area (TPSA) is 119 Å². The van der Waals surface area contributed by atoms with Crippen LogP contribution in [0.4, 0.5) is 8.78 Å². The molecule has 0 aliphatic heterocycles. The molecule has 0 aliphatic carbocycles. The molecule has 1 N–H and O–H groups in total. The lowest BCUT2D eigenvalue weighted by atomic mass is 9.96. The number of nitriles is 2. The molecule has 7 nitrogen and oxygen atoms in total. The van der Waals surface area contributed by atoms with Crippen LogP contribution in [0, 0.1) is 34.3 Å². The number of aromatic amines is 1. The minimum Gasteiger partial charge on any atom is -0.268 e. The molecule has 49 heavy (non-hydrogen) atoms. The van der Waals surface area contributed by atoms with Gasteiger partial charge in [-0.2, -0.15) is 25.8 Å². The fraction of sp³-hybridized carbons (Fsp3) is 0. The Morgan fingerprint density at radius 2 is 1.06 bits per heavy atom. The number of hydrogen-bond donors (Lipinski definition) is 1. The first-order valence-electron chi connectivity index (χ1n) is 15.0. The summed E-state index contributed by atoms with van der Waals surface area (Å²) in [6.07, 6.45) is 3.26. The molecule has 0 saturated carbocycles. The number of aromatic nitrogens is 4. The van der Waals surface area contributed by atoms with E-state index in [9.17, 15) is 18.8 Å². The highest BCUT2D eigenvalue weighted by Gasteiger charge is 2.10. The molecule has 7 aromatic rings. The molecule has 0 aliphatic rings. The van der Waals surface area contributed by atoms with Gasteiger partial charge in [-0.05, 0) is 75.8 Å². The molecule has 0 amide bonds. The summed E-state index contributed by atoms with van der Waals surface area (Å²) in [6.45, 7) is 0. The van der Waals surface area contributed by atoms with Crippen LogP contribution in [0.2, 0.25) is 0 Å². The first-order chi connectivity index (χ1) is 23.9. The average Bonchev–Trinajstić information content (AvgIpc) is 3.15.